The molecule has 0 saturated carbocycles. The molecule has 1 aromatic rings. The molecule has 0 bridgehead atoms. The summed E-state index contributed by atoms with van der Waals surface area (Å²) >= 11 is 0. The fourth-order valence-corrected chi connectivity index (χ4v) is 1.80. The first-order valence-electron chi connectivity index (χ1n) is 3.94. The van der Waals surface area contributed by atoms with Gasteiger partial charge in [-0.2, -0.15) is 8.78 Å². The molecule has 0 aromatic carbocycles. The number of hydrogen-bond donors (Lipinski definition) is 0. The highest BCUT2D eigenvalue weighted by molar-refractivity contribution is 7.89. The number of rotatable bonds is 4. The molecule has 1 aromatic heterocycles. The van der Waals surface area contributed by atoms with Gasteiger partial charge in [0.2, 0.25) is 0 Å². The number of hydrogen-bond acceptors (Lipinski definition) is 4. The van der Waals surface area contributed by atoms with Gasteiger partial charge >= 0.3 is 6.61 Å². The molecule has 0 amide bonds. The zero-order chi connectivity index (χ0) is 11.5. The normalized spacial score (nSPS) is 11.7. The topological polar surface area (TPSA) is 56.3 Å². The molecule has 0 radical (unpaired) electrons. The van der Waals surface area contributed by atoms with Crippen LogP contribution in [0, 0.1) is 0 Å². The first-order valence-corrected chi connectivity index (χ1v) is 6.00. The molecule has 15 heavy (non-hydrogen) atoms. The van der Waals surface area contributed by atoms with Crippen molar-refractivity contribution in [1.29, 1.82) is 0 Å². The number of aromatic nitrogens is 1. The van der Waals surface area contributed by atoms with Crippen molar-refractivity contribution in [2.45, 2.75) is 12.4 Å². The molecule has 0 spiro atoms. The fourth-order valence-electron chi connectivity index (χ4n) is 1.02. The molecule has 84 valence electrons. The molecule has 7 heteroatoms. The minimum absolute atomic E-state index is 0.125. The van der Waals surface area contributed by atoms with E-state index in [0.717, 1.165) is 6.26 Å². The van der Waals surface area contributed by atoms with Crippen molar-refractivity contribution in [3.63, 3.8) is 0 Å². The molecular weight excluding hydrogens is 228 g/mol. The van der Waals surface area contributed by atoms with Crippen molar-refractivity contribution >= 4 is 9.84 Å². The fraction of sp³-hybridized carbons (Fsp3) is 0.375. The second-order valence-electron chi connectivity index (χ2n) is 2.93. The maximum absolute atomic E-state index is 11.9. The second kappa shape index (κ2) is 4.52. The van der Waals surface area contributed by atoms with Crippen LogP contribution in [0.15, 0.2) is 18.5 Å². The Bertz CT molecular complexity index is 433. The highest BCUT2D eigenvalue weighted by Crippen LogP contribution is 2.20. The standard InChI is InChI=1S/C8H9F2NO3S/c1-15(12,13)5-6-4-11-3-2-7(6)14-8(9)10/h2-4,8H,5H2,1H3. The lowest BCUT2D eigenvalue weighted by Gasteiger charge is -2.08. The summed E-state index contributed by atoms with van der Waals surface area (Å²) in [5, 5.41) is 0. The van der Waals surface area contributed by atoms with E-state index < -0.39 is 16.4 Å². The molecule has 0 N–H and O–H groups in total. The van der Waals surface area contributed by atoms with Gasteiger partial charge in [0.05, 0.1) is 5.75 Å². The van der Waals surface area contributed by atoms with Crippen LogP contribution in [-0.4, -0.2) is 26.3 Å². The summed E-state index contributed by atoms with van der Waals surface area (Å²) in [5.74, 6) is -0.534. The quantitative estimate of drug-likeness (QED) is 0.790. The molecule has 0 aliphatic carbocycles. The Morgan fingerprint density at radius 2 is 2.20 bits per heavy atom. The van der Waals surface area contributed by atoms with Gasteiger partial charge in [0.15, 0.2) is 9.84 Å². The Morgan fingerprint density at radius 3 is 2.73 bits per heavy atom. The lowest BCUT2D eigenvalue weighted by Crippen LogP contribution is -2.08. The average molecular weight is 237 g/mol. The third-order valence-corrected chi connectivity index (χ3v) is 2.33. The van der Waals surface area contributed by atoms with Crippen LogP contribution in [0.3, 0.4) is 0 Å². The molecule has 0 aliphatic rings. The summed E-state index contributed by atoms with van der Waals surface area (Å²) in [6, 6.07) is 1.20. The van der Waals surface area contributed by atoms with Crippen LogP contribution in [0.2, 0.25) is 0 Å². The van der Waals surface area contributed by atoms with E-state index in [4.69, 9.17) is 0 Å². The number of pyridine rings is 1. The van der Waals surface area contributed by atoms with Gasteiger partial charge in [0.25, 0.3) is 0 Å². The van der Waals surface area contributed by atoms with Gasteiger partial charge in [-0.05, 0) is 6.07 Å². The Balaban J connectivity index is 2.96. The zero-order valence-corrected chi connectivity index (χ0v) is 8.67. The second-order valence-corrected chi connectivity index (χ2v) is 5.07. The number of ether oxygens (including phenoxy) is 1. The highest BCUT2D eigenvalue weighted by Gasteiger charge is 2.13. The number of alkyl halides is 2. The van der Waals surface area contributed by atoms with E-state index in [1.165, 1.54) is 18.5 Å². The van der Waals surface area contributed by atoms with E-state index in [1.54, 1.807) is 0 Å². The molecular formula is C8H9F2NO3S. The average Bonchev–Trinajstić information content (AvgIpc) is 2.05. The van der Waals surface area contributed by atoms with E-state index >= 15 is 0 Å². The predicted molar refractivity (Wildman–Crippen MR) is 49.4 cm³/mol. The number of sulfone groups is 1. The molecule has 0 fully saturated rings. The first kappa shape index (κ1) is 11.8. The monoisotopic (exact) mass is 237 g/mol. The first-order chi connectivity index (χ1) is 6.88. The van der Waals surface area contributed by atoms with Gasteiger partial charge in [-0.25, -0.2) is 8.42 Å². The largest absolute Gasteiger partial charge is 0.434 e. The van der Waals surface area contributed by atoms with Crippen LogP contribution in [0.1, 0.15) is 5.56 Å². The van der Waals surface area contributed by atoms with E-state index in [-0.39, 0.29) is 17.1 Å². The van der Waals surface area contributed by atoms with Gasteiger partial charge in [-0.1, -0.05) is 0 Å². The summed E-state index contributed by atoms with van der Waals surface area (Å²) in [7, 11) is -3.30. The van der Waals surface area contributed by atoms with Crippen molar-refractivity contribution < 1.29 is 21.9 Å². The van der Waals surface area contributed by atoms with Gasteiger partial charge in [-0.15, -0.1) is 0 Å². The van der Waals surface area contributed by atoms with Crippen molar-refractivity contribution in [2.75, 3.05) is 6.26 Å². The molecule has 0 atom stereocenters. The van der Waals surface area contributed by atoms with Crippen molar-refractivity contribution in [3.05, 3.63) is 24.0 Å². The van der Waals surface area contributed by atoms with Gasteiger partial charge in [0, 0.05) is 24.2 Å². The van der Waals surface area contributed by atoms with Crippen LogP contribution in [0.5, 0.6) is 5.75 Å². The summed E-state index contributed by atoms with van der Waals surface area (Å²) in [6.07, 6.45) is 3.45. The van der Waals surface area contributed by atoms with E-state index in [2.05, 4.69) is 9.72 Å². The third-order valence-electron chi connectivity index (χ3n) is 1.49. The van der Waals surface area contributed by atoms with Crippen LogP contribution in [0.4, 0.5) is 8.78 Å². The van der Waals surface area contributed by atoms with Crippen LogP contribution in [0.25, 0.3) is 0 Å². The maximum atomic E-state index is 11.9. The summed E-state index contributed by atoms with van der Waals surface area (Å²) < 4.78 is 50.0. The number of nitrogens with zero attached hydrogens (tertiary/aromatic N) is 1. The summed E-state index contributed by atoms with van der Waals surface area (Å²) in [5.41, 5.74) is 0.125. The van der Waals surface area contributed by atoms with Crippen molar-refractivity contribution in [1.82, 2.24) is 4.98 Å². The smallest absolute Gasteiger partial charge is 0.387 e. The molecule has 0 unspecified atom stereocenters. The zero-order valence-electron chi connectivity index (χ0n) is 7.85. The van der Waals surface area contributed by atoms with Crippen LogP contribution >= 0.6 is 0 Å². The molecule has 1 heterocycles. The van der Waals surface area contributed by atoms with Gasteiger partial charge in [0.1, 0.15) is 5.75 Å². The van der Waals surface area contributed by atoms with Gasteiger partial charge < -0.3 is 4.74 Å². The van der Waals surface area contributed by atoms with Crippen molar-refractivity contribution in [2.24, 2.45) is 0 Å². The lowest BCUT2D eigenvalue weighted by molar-refractivity contribution is -0.0503. The third kappa shape index (κ3) is 4.20. The van der Waals surface area contributed by atoms with Crippen molar-refractivity contribution in [3.8, 4) is 5.75 Å². The minimum atomic E-state index is -3.30. The van der Waals surface area contributed by atoms with Crippen LogP contribution < -0.4 is 4.74 Å². The Hall–Kier alpha value is -1.24. The minimum Gasteiger partial charge on any atom is -0.434 e. The van der Waals surface area contributed by atoms with E-state index in [9.17, 15) is 17.2 Å². The molecule has 0 aliphatic heterocycles. The molecule has 4 nitrogen and oxygen atoms in total. The highest BCUT2D eigenvalue weighted by atomic mass is 32.2. The maximum Gasteiger partial charge on any atom is 0.387 e. The van der Waals surface area contributed by atoms with E-state index in [1.807, 2.05) is 0 Å². The van der Waals surface area contributed by atoms with Gasteiger partial charge in [-0.3, -0.25) is 4.98 Å². The summed E-state index contributed by atoms with van der Waals surface area (Å²) in [6.45, 7) is -2.98. The lowest BCUT2D eigenvalue weighted by atomic mass is 10.3. The Morgan fingerprint density at radius 1 is 1.53 bits per heavy atom. The molecule has 1 rings (SSSR count). The molecule has 0 saturated heterocycles. The predicted octanol–water partition coefficient (Wildman–Crippen LogP) is 1.23. The summed E-state index contributed by atoms with van der Waals surface area (Å²) in [4.78, 5) is 3.65. The Labute approximate surface area is 85.8 Å². The Kier molecular flexibility index (Phi) is 3.57. The van der Waals surface area contributed by atoms with Crippen LogP contribution in [-0.2, 0) is 15.6 Å². The SMILES string of the molecule is CS(=O)(=O)Cc1cnccc1OC(F)F. The number of halogens is 2. The van der Waals surface area contributed by atoms with E-state index in [0.29, 0.717) is 0 Å².